The Morgan fingerprint density at radius 2 is 1.93 bits per heavy atom. The van der Waals surface area contributed by atoms with E-state index >= 15 is 0 Å². The maximum absolute atomic E-state index is 12.3. The van der Waals surface area contributed by atoms with Crippen molar-refractivity contribution in [1.29, 1.82) is 5.26 Å². The Bertz CT molecular complexity index is 1110. The lowest BCUT2D eigenvalue weighted by Crippen LogP contribution is -2.14. The molecule has 0 spiro atoms. The second-order valence-corrected chi connectivity index (χ2v) is 7.15. The predicted octanol–water partition coefficient (Wildman–Crippen LogP) is 4.93. The van der Waals surface area contributed by atoms with Gasteiger partial charge in [0.25, 0.3) is 0 Å². The Morgan fingerprint density at radius 3 is 2.56 bits per heavy atom. The molecule has 0 N–H and O–H groups in total. The van der Waals surface area contributed by atoms with Gasteiger partial charge in [0.2, 0.25) is 0 Å². The second kappa shape index (κ2) is 7.77. The van der Waals surface area contributed by atoms with Crippen LogP contribution < -0.4 is 5.63 Å². The number of carbonyl (C=O) groups excluding carboxylic acids is 1. The summed E-state index contributed by atoms with van der Waals surface area (Å²) in [6.07, 6.45) is 0.685. The largest absolute Gasteiger partial charge is 0.422 e. The zero-order valence-corrected chi connectivity index (χ0v) is 15.8. The number of benzene rings is 2. The fraction of sp³-hybridized carbons (Fsp3) is 0.227. The normalized spacial score (nSPS) is 11.9. The predicted molar refractivity (Wildman–Crippen MR) is 105 cm³/mol. The zero-order valence-electron chi connectivity index (χ0n) is 15.1. The molecule has 2 aromatic carbocycles. The Kier molecular flexibility index (Phi) is 5.43. The number of fused-ring (bicyclic) bond motifs is 1. The van der Waals surface area contributed by atoms with E-state index in [1.807, 2.05) is 37.3 Å². The smallest absolute Gasteiger partial charge is 0.354 e. The van der Waals surface area contributed by atoms with Crippen molar-refractivity contribution in [2.24, 2.45) is 0 Å². The maximum atomic E-state index is 12.3. The van der Waals surface area contributed by atoms with Gasteiger partial charge in [0.15, 0.2) is 0 Å². The van der Waals surface area contributed by atoms with E-state index in [0.29, 0.717) is 34.4 Å². The van der Waals surface area contributed by atoms with Crippen LogP contribution in [0.2, 0.25) is 5.02 Å². The van der Waals surface area contributed by atoms with Crippen LogP contribution in [0.1, 0.15) is 41.5 Å². The van der Waals surface area contributed by atoms with E-state index in [4.69, 9.17) is 16.0 Å². The third-order valence-electron chi connectivity index (χ3n) is 4.62. The summed E-state index contributed by atoms with van der Waals surface area (Å²) in [5.41, 5.74) is 2.35. The molecule has 5 heteroatoms. The summed E-state index contributed by atoms with van der Waals surface area (Å²) >= 11 is 6.12. The highest BCUT2D eigenvalue weighted by Crippen LogP contribution is 2.31. The number of carbonyl (C=O) groups is 1. The SMILES string of the molecule is CC(=O)C[C@H](Cc1c(C#N)c(=O)oc2ccc(Cl)cc12)c1ccc(C)cc1. The van der Waals surface area contributed by atoms with Crippen LogP contribution in [0.3, 0.4) is 0 Å². The van der Waals surface area contributed by atoms with Gasteiger partial charge in [0, 0.05) is 16.8 Å². The monoisotopic (exact) mass is 379 g/mol. The number of ketones is 1. The van der Waals surface area contributed by atoms with Gasteiger partial charge in [-0.05, 0) is 55.5 Å². The second-order valence-electron chi connectivity index (χ2n) is 6.71. The van der Waals surface area contributed by atoms with Gasteiger partial charge < -0.3 is 9.21 Å². The van der Waals surface area contributed by atoms with E-state index in [-0.39, 0.29) is 17.3 Å². The highest BCUT2D eigenvalue weighted by atomic mass is 35.5. The van der Waals surface area contributed by atoms with Gasteiger partial charge in [-0.15, -0.1) is 0 Å². The minimum atomic E-state index is -0.673. The van der Waals surface area contributed by atoms with Gasteiger partial charge in [-0.2, -0.15) is 5.26 Å². The molecule has 136 valence electrons. The van der Waals surface area contributed by atoms with E-state index in [1.165, 1.54) is 0 Å². The van der Waals surface area contributed by atoms with E-state index in [0.717, 1.165) is 11.1 Å². The summed E-state index contributed by atoms with van der Waals surface area (Å²) in [6.45, 7) is 3.54. The highest BCUT2D eigenvalue weighted by molar-refractivity contribution is 6.31. The fourth-order valence-corrected chi connectivity index (χ4v) is 3.47. The number of nitriles is 1. The summed E-state index contributed by atoms with van der Waals surface area (Å²) in [6, 6.07) is 14.8. The molecule has 0 fully saturated rings. The number of nitrogens with zero attached hydrogens (tertiary/aromatic N) is 1. The maximum Gasteiger partial charge on any atom is 0.354 e. The van der Waals surface area contributed by atoms with Crippen LogP contribution in [0.25, 0.3) is 11.0 Å². The molecule has 3 rings (SSSR count). The average Bonchev–Trinajstić information content (AvgIpc) is 2.62. The van der Waals surface area contributed by atoms with Crippen molar-refractivity contribution < 1.29 is 9.21 Å². The van der Waals surface area contributed by atoms with Crippen molar-refractivity contribution in [2.75, 3.05) is 0 Å². The number of halogens is 1. The number of aryl methyl sites for hydroxylation is 1. The topological polar surface area (TPSA) is 71.1 Å². The van der Waals surface area contributed by atoms with Crippen LogP contribution >= 0.6 is 11.6 Å². The molecule has 4 nitrogen and oxygen atoms in total. The quantitative estimate of drug-likeness (QED) is 0.589. The van der Waals surface area contributed by atoms with Gasteiger partial charge in [-0.3, -0.25) is 0 Å². The van der Waals surface area contributed by atoms with Crippen LogP contribution in [0, 0.1) is 18.3 Å². The summed E-state index contributed by atoms with van der Waals surface area (Å²) < 4.78 is 5.26. The number of Topliss-reactive ketones (excluding diaryl/α,β-unsaturated/α-hetero) is 1. The standard InChI is InChI=1S/C22H18ClNO3/c1-13-3-5-15(6-4-13)16(9-14(2)25)10-18-19-11-17(23)7-8-21(19)27-22(26)20(18)12-24/h3-8,11,16H,9-10H2,1-2H3/t16-/m1/s1. The Hall–Kier alpha value is -2.90. The first-order valence-electron chi connectivity index (χ1n) is 8.60. The van der Waals surface area contributed by atoms with Gasteiger partial charge in [-0.25, -0.2) is 4.79 Å². The molecular formula is C22H18ClNO3. The molecule has 1 heterocycles. The molecular weight excluding hydrogens is 362 g/mol. The van der Waals surface area contributed by atoms with Crippen LogP contribution in [0.4, 0.5) is 0 Å². The minimum absolute atomic E-state index is 0.0366. The van der Waals surface area contributed by atoms with Crippen molar-refractivity contribution >= 4 is 28.4 Å². The molecule has 0 bridgehead atoms. The Morgan fingerprint density at radius 1 is 1.22 bits per heavy atom. The molecule has 0 unspecified atom stereocenters. The van der Waals surface area contributed by atoms with E-state index < -0.39 is 5.63 Å². The fourth-order valence-electron chi connectivity index (χ4n) is 3.30. The van der Waals surface area contributed by atoms with Crippen molar-refractivity contribution in [1.82, 2.24) is 0 Å². The Labute approximate surface area is 162 Å². The molecule has 0 saturated carbocycles. The average molecular weight is 380 g/mol. The molecule has 0 aliphatic rings. The molecule has 0 radical (unpaired) electrons. The lowest BCUT2D eigenvalue weighted by molar-refractivity contribution is -0.117. The molecule has 3 aromatic rings. The van der Waals surface area contributed by atoms with Gasteiger partial charge >= 0.3 is 5.63 Å². The summed E-state index contributed by atoms with van der Waals surface area (Å²) in [7, 11) is 0. The molecule has 27 heavy (non-hydrogen) atoms. The molecule has 0 aliphatic carbocycles. The first-order chi connectivity index (χ1) is 12.9. The summed E-state index contributed by atoms with van der Waals surface area (Å²) in [5.74, 6) is -0.108. The third-order valence-corrected chi connectivity index (χ3v) is 4.86. The van der Waals surface area contributed by atoms with Crippen molar-refractivity contribution in [2.45, 2.75) is 32.6 Å². The highest BCUT2D eigenvalue weighted by Gasteiger charge is 2.21. The van der Waals surface area contributed by atoms with Crippen molar-refractivity contribution in [3.8, 4) is 6.07 Å². The zero-order chi connectivity index (χ0) is 19.6. The lowest BCUT2D eigenvalue weighted by Gasteiger charge is -2.18. The minimum Gasteiger partial charge on any atom is -0.422 e. The molecule has 1 aromatic heterocycles. The van der Waals surface area contributed by atoms with E-state index in [9.17, 15) is 14.9 Å². The number of hydrogen-bond donors (Lipinski definition) is 0. The van der Waals surface area contributed by atoms with Gasteiger partial charge in [-0.1, -0.05) is 41.4 Å². The number of hydrogen-bond acceptors (Lipinski definition) is 4. The lowest BCUT2D eigenvalue weighted by atomic mass is 9.85. The summed E-state index contributed by atoms with van der Waals surface area (Å²) in [5, 5.41) is 10.6. The molecule has 0 saturated heterocycles. The van der Waals surface area contributed by atoms with Crippen molar-refractivity contribution in [3.05, 3.63) is 80.2 Å². The van der Waals surface area contributed by atoms with E-state index in [1.54, 1.807) is 25.1 Å². The Balaban J connectivity index is 2.18. The van der Waals surface area contributed by atoms with Crippen LogP contribution in [-0.4, -0.2) is 5.78 Å². The van der Waals surface area contributed by atoms with Crippen molar-refractivity contribution in [3.63, 3.8) is 0 Å². The van der Waals surface area contributed by atoms with Crippen LogP contribution in [0.5, 0.6) is 0 Å². The van der Waals surface area contributed by atoms with Crippen LogP contribution in [0.15, 0.2) is 51.7 Å². The first-order valence-corrected chi connectivity index (χ1v) is 8.98. The molecule has 1 atom stereocenters. The van der Waals surface area contributed by atoms with E-state index in [2.05, 4.69) is 0 Å². The van der Waals surface area contributed by atoms with Crippen LogP contribution in [-0.2, 0) is 11.2 Å². The number of rotatable bonds is 5. The third kappa shape index (κ3) is 4.10. The summed E-state index contributed by atoms with van der Waals surface area (Å²) in [4.78, 5) is 24.1. The van der Waals surface area contributed by atoms with Gasteiger partial charge in [0.1, 0.15) is 23.0 Å². The first kappa shape index (κ1) is 18.9. The molecule has 0 amide bonds. The van der Waals surface area contributed by atoms with Gasteiger partial charge in [0.05, 0.1) is 0 Å². The molecule has 0 aliphatic heterocycles.